The van der Waals surface area contributed by atoms with Crippen LogP contribution < -0.4 is 5.73 Å². The van der Waals surface area contributed by atoms with E-state index >= 15 is 0 Å². The summed E-state index contributed by atoms with van der Waals surface area (Å²) in [6.07, 6.45) is 1.65. The molecule has 0 spiro atoms. The van der Waals surface area contributed by atoms with E-state index in [9.17, 15) is 8.42 Å². The molecule has 0 atom stereocenters. The number of aryl methyl sites for hydroxylation is 2. The molecule has 1 aliphatic heterocycles. The van der Waals surface area contributed by atoms with Gasteiger partial charge in [0.2, 0.25) is 10.0 Å². The Bertz CT molecular complexity index is 588. The molecule has 1 aromatic rings. The Hall–Kier alpha value is -0.910. The Balaban J connectivity index is 2.24. The molecule has 4 nitrogen and oxygen atoms in total. The molecule has 0 aromatic heterocycles. The molecule has 0 radical (unpaired) electrons. The van der Waals surface area contributed by atoms with Crippen molar-refractivity contribution in [1.82, 2.24) is 4.31 Å². The molecule has 0 bridgehead atoms. The van der Waals surface area contributed by atoms with E-state index in [0.29, 0.717) is 24.5 Å². The van der Waals surface area contributed by atoms with Crippen LogP contribution >= 0.6 is 0 Å². The predicted octanol–water partition coefficient (Wildman–Crippen LogP) is 2.05. The van der Waals surface area contributed by atoms with E-state index < -0.39 is 10.0 Å². The Morgan fingerprint density at radius 3 is 2.35 bits per heavy atom. The second-order valence-corrected chi connectivity index (χ2v) is 8.09. The molecule has 1 heterocycles. The average Bonchev–Trinajstić information content (AvgIpc) is 2.39. The zero-order valence-electron chi connectivity index (χ0n) is 12.5. The molecular weight excluding hydrogens is 272 g/mol. The van der Waals surface area contributed by atoms with E-state index in [2.05, 4.69) is 6.92 Å². The molecule has 1 aliphatic rings. The number of nitrogens with two attached hydrogens (primary N) is 1. The first-order chi connectivity index (χ1) is 9.28. The fraction of sp³-hybridized carbons (Fsp3) is 0.600. The molecule has 112 valence electrons. The van der Waals surface area contributed by atoms with Crippen LogP contribution in [0, 0.1) is 19.3 Å². The van der Waals surface area contributed by atoms with Gasteiger partial charge in [-0.3, -0.25) is 0 Å². The summed E-state index contributed by atoms with van der Waals surface area (Å²) in [5.41, 5.74) is 7.75. The van der Waals surface area contributed by atoms with Crippen molar-refractivity contribution in [2.24, 2.45) is 11.1 Å². The summed E-state index contributed by atoms with van der Waals surface area (Å²) in [7, 11) is -3.38. The van der Waals surface area contributed by atoms with E-state index in [1.54, 1.807) is 10.4 Å². The number of benzene rings is 1. The number of sulfonamides is 1. The van der Waals surface area contributed by atoms with Gasteiger partial charge < -0.3 is 5.73 Å². The lowest BCUT2D eigenvalue weighted by atomic mass is 9.81. The molecule has 0 unspecified atom stereocenters. The molecule has 2 rings (SSSR count). The van der Waals surface area contributed by atoms with Crippen LogP contribution in [-0.4, -0.2) is 32.4 Å². The van der Waals surface area contributed by atoms with Crippen molar-refractivity contribution in [3.05, 3.63) is 29.3 Å². The normalized spacial score (nSPS) is 20.0. The first kappa shape index (κ1) is 15.5. The van der Waals surface area contributed by atoms with Crippen molar-refractivity contribution in [3.8, 4) is 0 Å². The monoisotopic (exact) mass is 296 g/mol. The lowest BCUT2D eigenvalue weighted by molar-refractivity contribution is 0.183. The van der Waals surface area contributed by atoms with Crippen LogP contribution in [0.15, 0.2) is 23.1 Å². The zero-order valence-corrected chi connectivity index (χ0v) is 13.3. The predicted molar refractivity (Wildman–Crippen MR) is 81.1 cm³/mol. The lowest BCUT2D eigenvalue weighted by Crippen LogP contribution is -2.44. The van der Waals surface area contributed by atoms with Crippen LogP contribution in [0.2, 0.25) is 0 Å². The molecule has 0 amide bonds. The SMILES string of the molecule is Cc1ccc(S(=O)(=O)N2CCC(C)(CN)CC2)c(C)c1. The molecule has 1 fully saturated rings. The molecule has 1 aromatic carbocycles. The molecule has 0 saturated carbocycles. The Morgan fingerprint density at radius 2 is 1.85 bits per heavy atom. The molecule has 0 aliphatic carbocycles. The van der Waals surface area contributed by atoms with Crippen LogP contribution in [0.3, 0.4) is 0 Å². The van der Waals surface area contributed by atoms with Crippen LogP contribution in [-0.2, 0) is 10.0 Å². The maximum absolute atomic E-state index is 12.7. The first-order valence-corrected chi connectivity index (χ1v) is 8.50. The quantitative estimate of drug-likeness (QED) is 0.928. The third-order valence-corrected chi connectivity index (χ3v) is 6.43. The third-order valence-electron chi connectivity index (χ3n) is 4.37. The van der Waals surface area contributed by atoms with Gasteiger partial charge in [-0.05, 0) is 50.3 Å². The van der Waals surface area contributed by atoms with Gasteiger partial charge in [0.05, 0.1) is 4.90 Å². The highest BCUT2D eigenvalue weighted by atomic mass is 32.2. The summed E-state index contributed by atoms with van der Waals surface area (Å²) in [6.45, 7) is 7.69. The number of piperidine rings is 1. The summed E-state index contributed by atoms with van der Waals surface area (Å²) in [5.74, 6) is 0. The Kier molecular flexibility index (Phi) is 4.23. The van der Waals surface area contributed by atoms with E-state index in [1.807, 2.05) is 26.0 Å². The number of nitrogens with zero attached hydrogens (tertiary/aromatic N) is 1. The second kappa shape index (κ2) is 5.47. The maximum Gasteiger partial charge on any atom is 0.243 e. The van der Waals surface area contributed by atoms with Crippen molar-refractivity contribution >= 4 is 10.0 Å². The van der Waals surface area contributed by atoms with E-state index in [-0.39, 0.29) is 5.41 Å². The van der Waals surface area contributed by atoms with Gasteiger partial charge >= 0.3 is 0 Å². The van der Waals surface area contributed by atoms with Crippen LogP contribution in [0.5, 0.6) is 0 Å². The molecule has 1 saturated heterocycles. The van der Waals surface area contributed by atoms with Gasteiger partial charge in [-0.2, -0.15) is 4.31 Å². The first-order valence-electron chi connectivity index (χ1n) is 7.06. The van der Waals surface area contributed by atoms with E-state index in [1.165, 1.54) is 0 Å². The highest BCUT2D eigenvalue weighted by molar-refractivity contribution is 7.89. The highest BCUT2D eigenvalue weighted by Gasteiger charge is 2.35. The van der Waals surface area contributed by atoms with Gasteiger partial charge in [0.1, 0.15) is 0 Å². The standard InChI is InChI=1S/C15H24N2O2S/c1-12-4-5-14(13(2)10-12)20(18,19)17-8-6-15(3,11-16)7-9-17/h4-5,10H,6-9,11,16H2,1-3H3. The lowest BCUT2D eigenvalue weighted by Gasteiger charge is -2.38. The van der Waals surface area contributed by atoms with Crippen molar-refractivity contribution in [2.75, 3.05) is 19.6 Å². The summed E-state index contributed by atoms with van der Waals surface area (Å²) in [4.78, 5) is 0.430. The Labute approximate surface area is 122 Å². The smallest absolute Gasteiger partial charge is 0.243 e. The minimum Gasteiger partial charge on any atom is -0.330 e. The molecule has 2 N–H and O–H groups in total. The highest BCUT2D eigenvalue weighted by Crippen LogP contribution is 2.32. The molecule has 20 heavy (non-hydrogen) atoms. The topological polar surface area (TPSA) is 63.4 Å². The van der Waals surface area contributed by atoms with Gasteiger partial charge in [-0.25, -0.2) is 8.42 Å². The third kappa shape index (κ3) is 2.90. The minimum atomic E-state index is -3.38. The van der Waals surface area contributed by atoms with Crippen molar-refractivity contribution in [3.63, 3.8) is 0 Å². The number of rotatable bonds is 3. The van der Waals surface area contributed by atoms with Crippen LogP contribution in [0.1, 0.15) is 30.9 Å². The van der Waals surface area contributed by atoms with Crippen molar-refractivity contribution in [2.45, 2.75) is 38.5 Å². The fourth-order valence-corrected chi connectivity index (χ4v) is 4.35. The zero-order chi connectivity index (χ0) is 15.0. The average molecular weight is 296 g/mol. The summed E-state index contributed by atoms with van der Waals surface area (Å²) in [5, 5.41) is 0. The van der Waals surface area contributed by atoms with Gasteiger partial charge in [0.15, 0.2) is 0 Å². The van der Waals surface area contributed by atoms with Crippen molar-refractivity contribution < 1.29 is 8.42 Å². The fourth-order valence-electron chi connectivity index (χ4n) is 2.70. The second-order valence-electron chi connectivity index (χ2n) is 6.19. The maximum atomic E-state index is 12.7. The van der Waals surface area contributed by atoms with Gasteiger partial charge in [-0.1, -0.05) is 24.6 Å². The minimum absolute atomic E-state index is 0.0777. The van der Waals surface area contributed by atoms with E-state index in [0.717, 1.165) is 24.0 Å². The number of hydrogen-bond acceptors (Lipinski definition) is 3. The van der Waals surface area contributed by atoms with E-state index in [4.69, 9.17) is 5.73 Å². The van der Waals surface area contributed by atoms with Gasteiger partial charge in [0, 0.05) is 13.1 Å². The van der Waals surface area contributed by atoms with Gasteiger partial charge in [0.25, 0.3) is 0 Å². The number of hydrogen-bond donors (Lipinski definition) is 1. The summed E-state index contributed by atoms with van der Waals surface area (Å²) < 4.78 is 27.0. The summed E-state index contributed by atoms with van der Waals surface area (Å²) >= 11 is 0. The molecular formula is C15H24N2O2S. The van der Waals surface area contributed by atoms with Crippen molar-refractivity contribution in [1.29, 1.82) is 0 Å². The molecule has 5 heteroatoms. The largest absolute Gasteiger partial charge is 0.330 e. The summed E-state index contributed by atoms with van der Waals surface area (Å²) in [6, 6.07) is 5.49. The van der Waals surface area contributed by atoms with Gasteiger partial charge in [-0.15, -0.1) is 0 Å². The van der Waals surface area contributed by atoms with Crippen LogP contribution in [0.4, 0.5) is 0 Å². The van der Waals surface area contributed by atoms with Crippen LogP contribution in [0.25, 0.3) is 0 Å². The Morgan fingerprint density at radius 1 is 1.25 bits per heavy atom.